The van der Waals surface area contributed by atoms with Crippen LogP contribution in [0.1, 0.15) is 38.8 Å². The second-order valence-corrected chi connectivity index (χ2v) is 5.07. The lowest BCUT2D eigenvalue weighted by Crippen LogP contribution is -1.95. The second-order valence-electron chi connectivity index (χ2n) is 5.07. The van der Waals surface area contributed by atoms with Crippen LogP contribution in [0.4, 0.5) is 0 Å². The van der Waals surface area contributed by atoms with E-state index in [2.05, 4.69) is 6.58 Å². The third-order valence-electron chi connectivity index (χ3n) is 3.64. The SMILES string of the molecule is C=C(/C(=C\C)Cc1ccc(C=O)cc1)c1ccc(C=O)cc1. The summed E-state index contributed by atoms with van der Waals surface area (Å²) in [4.78, 5) is 21.4. The molecule has 0 radical (unpaired) electrons. The van der Waals surface area contributed by atoms with Crippen LogP contribution in [-0.4, -0.2) is 12.6 Å². The molecule has 0 saturated heterocycles. The summed E-state index contributed by atoms with van der Waals surface area (Å²) in [5.74, 6) is 0. The molecule has 2 aromatic rings. The number of hydrogen-bond donors (Lipinski definition) is 0. The molecule has 0 unspecified atom stereocenters. The van der Waals surface area contributed by atoms with Gasteiger partial charge in [0.2, 0.25) is 0 Å². The average molecular weight is 290 g/mol. The molecule has 0 fully saturated rings. The Morgan fingerprint density at radius 2 is 1.41 bits per heavy atom. The maximum absolute atomic E-state index is 10.7. The summed E-state index contributed by atoms with van der Waals surface area (Å²) in [7, 11) is 0. The van der Waals surface area contributed by atoms with Gasteiger partial charge in [0, 0.05) is 11.1 Å². The number of benzene rings is 2. The minimum atomic E-state index is 0.656. The van der Waals surface area contributed by atoms with E-state index < -0.39 is 0 Å². The molecule has 0 saturated carbocycles. The van der Waals surface area contributed by atoms with E-state index in [4.69, 9.17) is 0 Å². The molecular formula is C20H18O2. The quantitative estimate of drug-likeness (QED) is 0.579. The Hall–Kier alpha value is -2.74. The van der Waals surface area contributed by atoms with Crippen molar-refractivity contribution in [2.24, 2.45) is 0 Å². The lowest BCUT2D eigenvalue weighted by atomic mass is 9.93. The fraction of sp³-hybridized carbons (Fsp3) is 0.100. The zero-order chi connectivity index (χ0) is 15.9. The van der Waals surface area contributed by atoms with Crippen LogP contribution >= 0.6 is 0 Å². The van der Waals surface area contributed by atoms with E-state index in [-0.39, 0.29) is 0 Å². The summed E-state index contributed by atoms with van der Waals surface area (Å²) in [6.45, 7) is 6.15. The van der Waals surface area contributed by atoms with Crippen LogP contribution in [0.15, 0.2) is 66.8 Å². The molecule has 0 heterocycles. The van der Waals surface area contributed by atoms with Gasteiger partial charge in [0.1, 0.15) is 12.6 Å². The normalized spacial score (nSPS) is 11.0. The smallest absolute Gasteiger partial charge is 0.150 e. The second kappa shape index (κ2) is 7.32. The Labute approximate surface area is 130 Å². The molecule has 0 aromatic heterocycles. The molecule has 0 atom stereocenters. The fourth-order valence-corrected chi connectivity index (χ4v) is 2.27. The molecule has 22 heavy (non-hydrogen) atoms. The first kappa shape index (κ1) is 15.6. The Balaban J connectivity index is 2.17. The molecule has 2 aromatic carbocycles. The molecule has 0 N–H and O–H groups in total. The van der Waals surface area contributed by atoms with Crippen LogP contribution in [0.2, 0.25) is 0 Å². The highest BCUT2D eigenvalue weighted by Gasteiger charge is 2.06. The van der Waals surface area contributed by atoms with Gasteiger partial charge < -0.3 is 0 Å². The van der Waals surface area contributed by atoms with Crippen LogP contribution in [0, 0.1) is 0 Å². The summed E-state index contributed by atoms with van der Waals surface area (Å²) in [6, 6.07) is 14.9. The largest absolute Gasteiger partial charge is 0.298 e. The first-order valence-corrected chi connectivity index (χ1v) is 7.12. The Morgan fingerprint density at radius 1 is 0.909 bits per heavy atom. The number of carbonyl (C=O) groups is 2. The van der Waals surface area contributed by atoms with Gasteiger partial charge in [-0.25, -0.2) is 0 Å². The van der Waals surface area contributed by atoms with Gasteiger partial charge in [0.05, 0.1) is 0 Å². The van der Waals surface area contributed by atoms with Crippen molar-refractivity contribution in [1.82, 2.24) is 0 Å². The van der Waals surface area contributed by atoms with Gasteiger partial charge >= 0.3 is 0 Å². The van der Waals surface area contributed by atoms with E-state index in [1.807, 2.05) is 49.4 Å². The fourth-order valence-electron chi connectivity index (χ4n) is 2.27. The van der Waals surface area contributed by atoms with Crippen molar-refractivity contribution in [2.75, 3.05) is 0 Å². The lowest BCUT2D eigenvalue weighted by molar-refractivity contribution is 0.111. The van der Waals surface area contributed by atoms with Gasteiger partial charge in [-0.1, -0.05) is 61.2 Å². The molecule has 2 rings (SSSR count). The first-order chi connectivity index (χ1) is 10.7. The van der Waals surface area contributed by atoms with Crippen LogP contribution < -0.4 is 0 Å². The number of hydrogen-bond acceptors (Lipinski definition) is 2. The van der Waals surface area contributed by atoms with E-state index >= 15 is 0 Å². The monoisotopic (exact) mass is 290 g/mol. The van der Waals surface area contributed by atoms with Gasteiger partial charge in [-0.15, -0.1) is 0 Å². The molecule has 0 amide bonds. The van der Waals surface area contributed by atoms with Crippen molar-refractivity contribution < 1.29 is 9.59 Å². The van der Waals surface area contributed by atoms with Crippen molar-refractivity contribution in [3.05, 3.63) is 89.0 Å². The zero-order valence-electron chi connectivity index (χ0n) is 12.6. The standard InChI is InChI=1S/C20H18O2/c1-3-19(12-16-4-6-17(13-21)7-5-16)15(2)20-10-8-18(14-22)9-11-20/h3-11,13-14H,2,12H2,1H3/b19-3-. The summed E-state index contributed by atoms with van der Waals surface area (Å²) >= 11 is 0. The van der Waals surface area contributed by atoms with E-state index in [1.165, 1.54) is 0 Å². The van der Waals surface area contributed by atoms with Gasteiger partial charge in [-0.05, 0) is 35.6 Å². The maximum Gasteiger partial charge on any atom is 0.150 e. The summed E-state index contributed by atoms with van der Waals surface area (Å²) in [5, 5.41) is 0. The lowest BCUT2D eigenvalue weighted by Gasteiger charge is -2.11. The average Bonchev–Trinajstić information content (AvgIpc) is 2.59. The predicted molar refractivity (Wildman–Crippen MR) is 90.2 cm³/mol. The minimum Gasteiger partial charge on any atom is -0.298 e. The van der Waals surface area contributed by atoms with Gasteiger partial charge in [-0.2, -0.15) is 0 Å². The Bertz CT molecular complexity index is 704. The van der Waals surface area contributed by atoms with Crippen LogP contribution in [0.5, 0.6) is 0 Å². The van der Waals surface area contributed by atoms with E-state index in [1.54, 1.807) is 12.1 Å². The number of allylic oxidation sites excluding steroid dienone is 3. The molecular weight excluding hydrogens is 272 g/mol. The highest BCUT2D eigenvalue weighted by Crippen LogP contribution is 2.24. The van der Waals surface area contributed by atoms with Crippen molar-refractivity contribution >= 4 is 18.1 Å². The van der Waals surface area contributed by atoms with E-state index in [0.717, 1.165) is 41.3 Å². The summed E-state index contributed by atoms with van der Waals surface area (Å²) in [6.07, 6.45) is 4.47. The van der Waals surface area contributed by atoms with Crippen LogP contribution in [0.25, 0.3) is 5.57 Å². The number of carbonyl (C=O) groups excluding carboxylic acids is 2. The molecule has 2 heteroatoms. The highest BCUT2D eigenvalue weighted by atomic mass is 16.1. The van der Waals surface area contributed by atoms with Crippen molar-refractivity contribution in [3.63, 3.8) is 0 Å². The molecule has 0 aliphatic rings. The highest BCUT2D eigenvalue weighted by molar-refractivity contribution is 5.81. The third kappa shape index (κ3) is 3.67. The van der Waals surface area contributed by atoms with E-state index in [0.29, 0.717) is 11.1 Å². The zero-order valence-corrected chi connectivity index (χ0v) is 12.6. The molecule has 2 nitrogen and oxygen atoms in total. The van der Waals surface area contributed by atoms with Crippen LogP contribution in [0.3, 0.4) is 0 Å². The van der Waals surface area contributed by atoms with Gasteiger partial charge in [0.25, 0.3) is 0 Å². The van der Waals surface area contributed by atoms with E-state index in [9.17, 15) is 9.59 Å². The molecule has 0 aliphatic heterocycles. The third-order valence-corrected chi connectivity index (χ3v) is 3.64. The topological polar surface area (TPSA) is 34.1 Å². The van der Waals surface area contributed by atoms with Crippen molar-refractivity contribution in [1.29, 1.82) is 0 Å². The summed E-state index contributed by atoms with van der Waals surface area (Å²) < 4.78 is 0. The van der Waals surface area contributed by atoms with Gasteiger partial charge in [-0.3, -0.25) is 9.59 Å². The predicted octanol–water partition coefficient (Wildman–Crippen LogP) is 4.51. The van der Waals surface area contributed by atoms with Crippen molar-refractivity contribution in [3.8, 4) is 0 Å². The molecule has 110 valence electrons. The summed E-state index contributed by atoms with van der Waals surface area (Å²) in [5.41, 5.74) is 5.53. The molecule has 0 aliphatic carbocycles. The Morgan fingerprint density at radius 3 is 1.86 bits per heavy atom. The number of rotatable bonds is 6. The van der Waals surface area contributed by atoms with Crippen molar-refractivity contribution in [2.45, 2.75) is 13.3 Å². The van der Waals surface area contributed by atoms with Crippen LogP contribution in [-0.2, 0) is 6.42 Å². The Kier molecular flexibility index (Phi) is 5.21. The van der Waals surface area contributed by atoms with Gasteiger partial charge in [0.15, 0.2) is 0 Å². The first-order valence-electron chi connectivity index (χ1n) is 7.12. The number of aldehydes is 2. The minimum absolute atomic E-state index is 0.656. The maximum atomic E-state index is 10.7. The molecule has 0 bridgehead atoms. The molecule has 0 spiro atoms.